The molecule has 2 aromatic carbocycles. The first-order valence-corrected chi connectivity index (χ1v) is 10.2. The van der Waals surface area contributed by atoms with Crippen LogP contribution in [0.15, 0.2) is 54.6 Å². The Morgan fingerprint density at radius 1 is 1.00 bits per heavy atom. The molecule has 29 heavy (non-hydrogen) atoms. The van der Waals surface area contributed by atoms with Crippen LogP contribution in [-0.2, 0) is 11.3 Å². The zero-order chi connectivity index (χ0) is 20.2. The van der Waals surface area contributed by atoms with Gasteiger partial charge in [-0.2, -0.15) is 5.26 Å². The predicted octanol–water partition coefficient (Wildman–Crippen LogP) is 4.71. The van der Waals surface area contributed by atoms with Gasteiger partial charge in [0.2, 0.25) is 0 Å². The van der Waals surface area contributed by atoms with Crippen molar-refractivity contribution in [2.45, 2.75) is 50.8 Å². The number of benzene rings is 2. The monoisotopic (exact) mass is 388 g/mol. The average Bonchev–Trinajstić information content (AvgIpc) is 2.76. The third-order valence-corrected chi connectivity index (χ3v) is 6.07. The van der Waals surface area contributed by atoms with E-state index in [1.165, 1.54) is 0 Å². The molecular weight excluding hydrogens is 364 g/mol. The second-order valence-electron chi connectivity index (χ2n) is 7.88. The van der Waals surface area contributed by atoms with Crippen LogP contribution in [0, 0.1) is 17.2 Å². The van der Waals surface area contributed by atoms with Gasteiger partial charge in [0.1, 0.15) is 6.61 Å². The Bertz CT molecular complexity index is 921. The summed E-state index contributed by atoms with van der Waals surface area (Å²) in [6.45, 7) is 0.257. The molecule has 0 N–H and O–H groups in total. The Kier molecular flexibility index (Phi) is 5.62. The Balaban J connectivity index is 1.45. The zero-order valence-corrected chi connectivity index (χ0v) is 16.3. The van der Waals surface area contributed by atoms with Gasteiger partial charge in [0.05, 0.1) is 11.6 Å². The minimum atomic E-state index is -0.285. The molecule has 2 aliphatic rings. The molecule has 5 nitrogen and oxygen atoms in total. The third kappa shape index (κ3) is 4.02. The zero-order valence-electron chi connectivity index (χ0n) is 16.3. The number of fused-ring (bicyclic) bond motifs is 2. The molecule has 5 heteroatoms. The Morgan fingerprint density at radius 3 is 2.34 bits per heavy atom. The smallest absolute Gasteiger partial charge is 0.410 e. The molecular formula is C24H24N2O3. The van der Waals surface area contributed by atoms with E-state index in [0.717, 1.165) is 24.8 Å². The highest BCUT2D eigenvalue weighted by atomic mass is 16.6. The van der Waals surface area contributed by atoms with E-state index in [4.69, 9.17) is 4.74 Å². The van der Waals surface area contributed by atoms with E-state index >= 15 is 0 Å². The fraction of sp³-hybridized carbons (Fsp3) is 0.375. The summed E-state index contributed by atoms with van der Waals surface area (Å²) in [5.41, 5.74) is 1.88. The molecule has 0 aromatic heterocycles. The molecule has 2 aromatic rings. The Morgan fingerprint density at radius 2 is 1.66 bits per heavy atom. The number of rotatable bonds is 4. The Hall–Kier alpha value is -3.13. The van der Waals surface area contributed by atoms with Gasteiger partial charge in [-0.3, -0.25) is 4.79 Å². The summed E-state index contributed by atoms with van der Waals surface area (Å²) in [7, 11) is 0. The molecule has 1 amide bonds. The number of hydrogen-bond acceptors (Lipinski definition) is 4. The molecule has 0 radical (unpaired) electrons. The maximum atomic E-state index is 13.1. The molecule has 2 atom stereocenters. The largest absolute Gasteiger partial charge is 0.445 e. The lowest BCUT2D eigenvalue weighted by atomic mass is 9.75. The van der Waals surface area contributed by atoms with E-state index in [2.05, 4.69) is 6.07 Å². The van der Waals surface area contributed by atoms with Crippen LogP contribution in [0.25, 0.3) is 0 Å². The molecule has 2 fully saturated rings. The first-order chi connectivity index (χ1) is 14.2. The Labute approximate surface area is 170 Å². The lowest BCUT2D eigenvalue weighted by Crippen LogP contribution is -2.55. The van der Waals surface area contributed by atoms with Gasteiger partial charge in [-0.1, -0.05) is 48.5 Å². The van der Waals surface area contributed by atoms with E-state index in [-0.39, 0.29) is 36.5 Å². The summed E-state index contributed by atoms with van der Waals surface area (Å²) in [4.78, 5) is 27.8. The van der Waals surface area contributed by atoms with Crippen molar-refractivity contribution in [2.75, 3.05) is 0 Å². The molecule has 2 unspecified atom stereocenters. The van der Waals surface area contributed by atoms with Gasteiger partial charge >= 0.3 is 6.09 Å². The number of nitrogens with zero attached hydrogens (tertiary/aromatic N) is 2. The predicted molar refractivity (Wildman–Crippen MR) is 108 cm³/mol. The molecule has 0 spiro atoms. The molecule has 148 valence electrons. The highest BCUT2D eigenvalue weighted by molar-refractivity contribution is 6.00. The quantitative estimate of drug-likeness (QED) is 0.711. The summed E-state index contributed by atoms with van der Waals surface area (Å²) in [5, 5.41) is 9.32. The van der Waals surface area contributed by atoms with Crippen LogP contribution in [0.3, 0.4) is 0 Å². The van der Waals surface area contributed by atoms with Gasteiger partial charge in [-0.25, -0.2) is 4.79 Å². The average molecular weight is 388 g/mol. The van der Waals surface area contributed by atoms with Crippen molar-refractivity contribution in [2.24, 2.45) is 5.92 Å². The molecule has 4 rings (SSSR count). The van der Waals surface area contributed by atoms with Crippen LogP contribution in [0.5, 0.6) is 0 Å². The second-order valence-corrected chi connectivity index (χ2v) is 7.88. The number of ketones is 1. The van der Waals surface area contributed by atoms with Crippen LogP contribution < -0.4 is 0 Å². The van der Waals surface area contributed by atoms with Crippen LogP contribution in [-0.4, -0.2) is 28.9 Å². The summed E-state index contributed by atoms with van der Waals surface area (Å²) in [6, 6.07) is 18.8. The van der Waals surface area contributed by atoms with Crippen molar-refractivity contribution in [3.05, 3.63) is 71.3 Å². The van der Waals surface area contributed by atoms with Crippen molar-refractivity contribution < 1.29 is 14.3 Å². The lowest BCUT2D eigenvalue weighted by Gasteiger charge is -2.47. The molecule has 2 heterocycles. The first-order valence-electron chi connectivity index (χ1n) is 10.2. The lowest BCUT2D eigenvalue weighted by molar-refractivity contribution is 0.00472. The third-order valence-electron chi connectivity index (χ3n) is 6.07. The van der Waals surface area contributed by atoms with Crippen LogP contribution in [0.2, 0.25) is 0 Å². The van der Waals surface area contributed by atoms with Gasteiger partial charge in [-0.15, -0.1) is 0 Å². The van der Waals surface area contributed by atoms with E-state index in [9.17, 15) is 14.9 Å². The van der Waals surface area contributed by atoms with Crippen molar-refractivity contribution in [1.29, 1.82) is 5.26 Å². The highest BCUT2D eigenvalue weighted by Gasteiger charge is 2.44. The second kappa shape index (κ2) is 8.48. The van der Waals surface area contributed by atoms with Crippen LogP contribution in [0.1, 0.15) is 53.6 Å². The number of piperidine rings is 2. The maximum absolute atomic E-state index is 13.1. The van der Waals surface area contributed by atoms with Crippen molar-refractivity contribution in [1.82, 2.24) is 4.90 Å². The minimum Gasteiger partial charge on any atom is -0.445 e. The molecule has 2 aliphatic heterocycles. The number of carbonyl (C=O) groups excluding carboxylic acids is 2. The van der Waals surface area contributed by atoms with Gasteiger partial charge < -0.3 is 9.64 Å². The van der Waals surface area contributed by atoms with E-state index in [0.29, 0.717) is 24.0 Å². The number of Topliss-reactive ketones (excluding diaryl/α,β-unsaturated/α-hetero) is 1. The SMILES string of the molecule is N#Cc1ccccc1C(=O)C1CC2CCCC(C1)N2C(=O)OCc1ccccc1. The highest BCUT2D eigenvalue weighted by Crippen LogP contribution is 2.39. The normalized spacial score (nSPS) is 23.1. The number of hydrogen-bond donors (Lipinski definition) is 0. The van der Waals surface area contributed by atoms with Gasteiger partial charge in [0, 0.05) is 23.6 Å². The summed E-state index contributed by atoms with van der Waals surface area (Å²) >= 11 is 0. The molecule has 2 saturated heterocycles. The summed E-state index contributed by atoms with van der Waals surface area (Å²) in [6.07, 6.45) is 3.83. The van der Waals surface area contributed by atoms with Crippen LogP contribution in [0.4, 0.5) is 4.79 Å². The maximum Gasteiger partial charge on any atom is 0.410 e. The number of carbonyl (C=O) groups is 2. The topological polar surface area (TPSA) is 70.4 Å². The fourth-order valence-corrected chi connectivity index (χ4v) is 4.70. The minimum absolute atomic E-state index is 0.0222. The van der Waals surface area contributed by atoms with E-state index < -0.39 is 0 Å². The van der Waals surface area contributed by atoms with Crippen molar-refractivity contribution >= 4 is 11.9 Å². The number of amides is 1. The van der Waals surface area contributed by atoms with Crippen LogP contribution >= 0.6 is 0 Å². The summed E-state index contributed by atoms with van der Waals surface area (Å²) in [5.74, 6) is -0.130. The molecule has 0 aliphatic carbocycles. The summed E-state index contributed by atoms with van der Waals surface area (Å²) < 4.78 is 5.58. The van der Waals surface area contributed by atoms with Crippen molar-refractivity contribution in [3.8, 4) is 6.07 Å². The van der Waals surface area contributed by atoms with Crippen molar-refractivity contribution in [3.63, 3.8) is 0 Å². The molecule has 0 saturated carbocycles. The van der Waals surface area contributed by atoms with Gasteiger partial charge in [0.25, 0.3) is 0 Å². The number of nitriles is 1. The molecule has 2 bridgehead atoms. The standard InChI is InChI=1S/C24H24N2O3/c25-15-18-9-4-5-12-22(18)23(27)19-13-20-10-6-11-21(14-19)26(20)24(28)29-16-17-7-2-1-3-8-17/h1-5,7-9,12,19-21H,6,10-11,13-14,16H2. The van der Waals surface area contributed by atoms with Gasteiger partial charge in [0.15, 0.2) is 5.78 Å². The van der Waals surface area contributed by atoms with E-state index in [1.807, 2.05) is 35.2 Å². The first kappa shape index (κ1) is 19.2. The van der Waals surface area contributed by atoms with E-state index in [1.54, 1.807) is 24.3 Å². The fourth-order valence-electron chi connectivity index (χ4n) is 4.70. The number of ether oxygens (including phenoxy) is 1. The van der Waals surface area contributed by atoms with Gasteiger partial charge in [-0.05, 0) is 43.7 Å².